The predicted molar refractivity (Wildman–Crippen MR) is 135 cm³/mol. The topological polar surface area (TPSA) is 49.4 Å². The normalized spacial score (nSPS) is 14.4. The highest BCUT2D eigenvalue weighted by Gasteiger charge is 2.26. The van der Waals surface area contributed by atoms with Crippen LogP contribution in [0.2, 0.25) is 5.02 Å². The van der Waals surface area contributed by atoms with Gasteiger partial charge in [-0.3, -0.25) is 9.59 Å². The Hall–Kier alpha value is -3.02. The van der Waals surface area contributed by atoms with Crippen LogP contribution in [0.3, 0.4) is 0 Å². The van der Waals surface area contributed by atoms with Gasteiger partial charge in [0.05, 0.1) is 0 Å². The molecule has 3 aromatic carbocycles. The summed E-state index contributed by atoms with van der Waals surface area (Å²) in [7, 11) is 0. The Morgan fingerprint density at radius 3 is 1.94 bits per heavy atom. The lowest BCUT2D eigenvalue weighted by Gasteiger charge is -2.29. The molecule has 1 fully saturated rings. The first kappa shape index (κ1) is 23.1. The van der Waals surface area contributed by atoms with Gasteiger partial charge in [0.1, 0.15) is 5.70 Å². The summed E-state index contributed by atoms with van der Waals surface area (Å²) in [5.41, 5.74) is 1.67. The summed E-state index contributed by atoms with van der Waals surface area (Å²) in [5, 5.41) is 3.61. The van der Waals surface area contributed by atoms with Crippen LogP contribution in [0.25, 0.3) is 4.91 Å². The third-order valence-corrected chi connectivity index (χ3v) is 6.83. The van der Waals surface area contributed by atoms with Gasteiger partial charge in [-0.2, -0.15) is 0 Å². The highest BCUT2D eigenvalue weighted by atomic mass is 35.5. The number of nitrogens with zero attached hydrogens (tertiary/aromatic N) is 1. The number of rotatable bonds is 6. The zero-order valence-corrected chi connectivity index (χ0v) is 19.7. The van der Waals surface area contributed by atoms with Gasteiger partial charge in [0.2, 0.25) is 0 Å². The van der Waals surface area contributed by atoms with E-state index < -0.39 is 0 Å². The first-order valence-corrected chi connectivity index (χ1v) is 12.2. The number of thioether (sulfide) groups is 1. The molecule has 33 heavy (non-hydrogen) atoms. The van der Waals surface area contributed by atoms with Crippen LogP contribution in [0.5, 0.6) is 0 Å². The zero-order valence-electron chi connectivity index (χ0n) is 18.2. The molecule has 0 aromatic heterocycles. The number of piperidine rings is 1. The smallest absolute Gasteiger partial charge is 0.271 e. The second-order valence-corrected chi connectivity index (χ2v) is 9.32. The van der Waals surface area contributed by atoms with E-state index in [9.17, 15) is 9.59 Å². The number of benzene rings is 3. The maximum atomic E-state index is 13.7. The summed E-state index contributed by atoms with van der Waals surface area (Å²) in [6, 6.07) is 26.1. The van der Waals surface area contributed by atoms with Crippen molar-refractivity contribution in [2.75, 3.05) is 13.1 Å². The molecule has 0 unspecified atom stereocenters. The lowest BCUT2D eigenvalue weighted by Crippen LogP contribution is -2.41. The molecule has 0 aliphatic carbocycles. The highest BCUT2D eigenvalue weighted by Crippen LogP contribution is 2.37. The fourth-order valence-electron chi connectivity index (χ4n) is 3.70. The van der Waals surface area contributed by atoms with E-state index in [0.29, 0.717) is 34.3 Å². The minimum Gasteiger partial charge on any atom is -0.337 e. The Morgan fingerprint density at radius 2 is 1.33 bits per heavy atom. The Labute approximate surface area is 203 Å². The van der Waals surface area contributed by atoms with Crippen molar-refractivity contribution in [2.45, 2.75) is 24.2 Å². The van der Waals surface area contributed by atoms with E-state index in [0.717, 1.165) is 29.7 Å². The molecule has 4 rings (SSSR count). The van der Waals surface area contributed by atoms with Crippen LogP contribution in [0.4, 0.5) is 0 Å². The summed E-state index contributed by atoms with van der Waals surface area (Å²) in [5.74, 6) is -0.458. The van der Waals surface area contributed by atoms with Crippen molar-refractivity contribution < 1.29 is 9.59 Å². The lowest BCUT2D eigenvalue weighted by molar-refractivity contribution is -0.128. The van der Waals surface area contributed by atoms with Crippen LogP contribution in [0.1, 0.15) is 35.2 Å². The van der Waals surface area contributed by atoms with E-state index in [2.05, 4.69) is 5.32 Å². The number of hydrogen-bond donors (Lipinski definition) is 1. The van der Waals surface area contributed by atoms with Crippen molar-refractivity contribution in [1.82, 2.24) is 10.2 Å². The third-order valence-electron chi connectivity index (χ3n) is 5.43. The summed E-state index contributed by atoms with van der Waals surface area (Å²) < 4.78 is 0. The van der Waals surface area contributed by atoms with Crippen molar-refractivity contribution in [1.29, 1.82) is 0 Å². The van der Waals surface area contributed by atoms with Gasteiger partial charge >= 0.3 is 0 Å². The van der Waals surface area contributed by atoms with Gasteiger partial charge in [0.25, 0.3) is 11.8 Å². The maximum absolute atomic E-state index is 13.7. The van der Waals surface area contributed by atoms with Gasteiger partial charge in [-0.05, 0) is 61.2 Å². The summed E-state index contributed by atoms with van der Waals surface area (Å²) in [4.78, 5) is 30.4. The van der Waals surface area contributed by atoms with Crippen LogP contribution >= 0.6 is 23.4 Å². The van der Waals surface area contributed by atoms with Crippen molar-refractivity contribution >= 4 is 40.1 Å². The van der Waals surface area contributed by atoms with E-state index in [4.69, 9.17) is 11.6 Å². The Bertz CT molecular complexity index is 1130. The monoisotopic (exact) mass is 476 g/mol. The molecule has 168 valence electrons. The number of nitrogens with one attached hydrogen (secondary N) is 1. The number of carbonyl (C=O) groups is 2. The van der Waals surface area contributed by atoms with Crippen LogP contribution in [-0.2, 0) is 4.79 Å². The van der Waals surface area contributed by atoms with Crippen molar-refractivity contribution in [2.24, 2.45) is 0 Å². The molecular weight excluding hydrogens is 452 g/mol. The quantitative estimate of drug-likeness (QED) is 0.338. The van der Waals surface area contributed by atoms with Gasteiger partial charge in [-0.15, -0.1) is 0 Å². The molecule has 1 saturated heterocycles. The molecule has 0 saturated carbocycles. The molecule has 1 N–H and O–H groups in total. The Balaban J connectivity index is 1.80. The largest absolute Gasteiger partial charge is 0.337 e. The minimum absolute atomic E-state index is 0.153. The zero-order chi connectivity index (χ0) is 23.0. The molecule has 1 aliphatic heterocycles. The average Bonchev–Trinajstić information content (AvgIpc) is 2.88. The van der Waals surface area contributed by atoms with Crippen molar-refractivity contribution in [3.05, 3.63) is 107 Å². The van der Waals surface area contributed by atoms with Crippen LogP contribution < -0.4 is 5.32 Å². The van der Waals surface area contributed by atoms with Crippen LogP contribution in [0, 0.1) is 0 Å². The lowest BCUT2D eigenvalue weighted by atomic mass is 10.1. The van der Waals surface area contributed by atoms with E-state index in [1.54, 1.807) is 12.1 Å². The Morgan fingerprint density at radius 1 is 0.758 bits per heavy atom. The number of hydrogen-bond acceptors (Lipinski definition) is 3. The molecule has 0 radical (unpaired) electrons. The molecule has 1 aliphatic rings. The SMILES string of the molecule is O=C(N/C(C(=O)N1CCCCC1)=C(\Sc1ccc(Cl)cc1)c1ccccc1)c1ccccc1. The fraction of sp³-hybridized carbons (Fsp3) is 0.185. The predicted octanol–water partition coefficient (Wildman–Crippen LogP) is 6.24. The van der Waals surface area contributed by atoms with Crippen molar-refractivity contribution in [3.8, 4) is 0 Å². The number of amides is 2. The fourth-order valence-corrected chi connectivity index (χ4v) is 4.83. The number of likely N-dealkylation sites (tertiary alicyclic amines) is 1. The third kappa shape index (κ3) is 6.06. The van der Waals surface area contributed by atoms with Gasteiger partial charge in [0.15, 0.2) is 0 Å². The number of carbonyl (C=O) groups excluding carboxylic acids is 2. The van der Waals surface area contributed by atoms with E-state index >= 15 is 0 Å². The van der Waals surface area contributed by atoms with Gasteiger partial charge < -0.3 is 10.2 Å². The average molecular weight is 477 g/mol. The minimum atomic E-state index is -0.305. The number of halogens is 1. The standard InChI is InChI=1S/C27H25ClN2O2S/c28-22-14-16-23(17-15-22)33-25(20-10-4-1-5-11-20)24(27(32)30-18-8-3-9-19-30)29-26(31)21-12-6-2-7-13-21/h1-2,4-7,10-17H,3,8-9,18-19H2,(H,29,31)/b25-24-. The van der Waals surface area contributed by atoms with Crippen molar-refractivity contribution in [3.63, 3.8) is 0 Å². The molecule has 4 nitrogen and oxygen atoms in total. The van der Waals surface area contributed by atoms with Crippen LogP contribution in [0.15, 0.2) is 95.5 Å². The van der Waals surface area contributed by atoms with E-state index in [-0.39, 0.29) is 11.8 Å². The second-order valence-electron chi connectivity index (χ2n) is 7.80. The summed E-state index contributed by atoms with van der Waals surface area (Å²) in [6.07, 6.45) is 3.05. The molecule has 0 spiro atoms. The van der Waals surface area contributed by atoms with Gasteiger partial charge in [-0.25, -0.2) is 0 Å². The summed E-state index contributed by atoms with van der Waals surface area (Å²) >= 11 is 7.52. The first-order chi connectivity index (χ1) is 16.1. The van der Waals surface area contributed by atoms with E-state index in [1.165, 1.54) is 11.8 Å². The van der Waals surface area contributed by atoms with E-state index in [1.807, 2.05) is 77.7 Å². The second kappa shape index (κ2) is 11.2. The maximum Gasteiger partial charge on any atom is 0.271 e. The molecule has 0 atom stereocenters. The van der Waals surface area contributed by atoms with Gasteiger partial charge in [-0.1, -0.05) is 71.9 Å². The molecule has 2 amide bonds. The van der Waals surface area contributed by atoms with Crippen LogP contribution in [-0.4, -0.2) is 29.8 Å². The first-order valence-electron chi connectivity index (χ1n) is 11.0. The molecule has 1 heterocycles. The molecule has 6 heteroatoms. The molecule has 0 bridgehead atoms. The summed E-state index contributed by atoms with van der Waals surface area (Å²) in [6.45, 7) is 1.38. The van der Waals surface area contributed by atoms with Gasteiger partial charge in [0, 0.05) is 33.5 Å². The molecule has 3 aromatic rings. The Kier molecular flexibility index (Phi) is 7.87. The molecular formula is C27H25ClN2O2S. The highest BCUT2D eigenvalue weighted by molar-refractivity contribution is 8.08.